The van der Waals surface area contributed by atoms with Gasteiger partial charge >= 0.3 is 11.3 Å². The van der Waals surface area contributed by atoms with Crippen molar-refractivity contribution in [2.24, 2.45) is 0 Å². The average Bonchev–Trinajstić information content (AvgIpc) is 2.72. The van der Waals surface area contributed by atoms with E-state index in [0.717, 1.165) is 45.4 Å². The summed E-state index contributed by atoms with van der Waals surface area (Å²) < 4.78 is 6.29. The molecule has 0 saturated carbocycles. The van der Waals surface area contributed by atoms with Gasteiger partial charge in [-0.15, -0.1) is 0 Å². The molecule has 1 aromatic heterocycles. The van der Waals surface area contributed by atoms with Crippen LogP contribution in [0.4, 0.5) is 0 Å². The smallest absolute Gasteiger partial charge is 0.206 e. The van der Waals surface area contributed by atoms with Gasteiger partial charge in [0.2, 0.25) is 0 Å². The Labute approximate surface area is 153 Å². The van der Waals surface area contributed by atoms with Gasteiger partial charge in [-0.3, -0.25) is 0 Å². The maximum atomic E-state index is 6.29. The van der Waals surface area contributed by atoms with Crippen LogP contribution in [0, 0.1) is 11.8 Å². The summed E-state index contributed by atoms with van der Waals surface area (Å²) >= 11 is 0. The van der Waals surface area contributed by atoms with Gasteiger partial charge in [0.25, 0.3) is 0 Å². The fourth-order valence-corrected chi connectivity index (χ4v) is 3.17. The molecule has 0 N–H and O–H groups in total. The summed E-state index contributed by atoms with van der Waals surface area (Å²) in [7, 11) is 0. The quantitative estimate of drug-likeness (QED) is 0.307. The van der Waals surface area contributed by atoms with Crippen LogP contribution in [-0.4, -0.2) is 0 Å². The van der Waals surface area contributed by atoms with Crippen molar-refractivity contribution in [3.8, 4) is 23.2 Å². The minimum absolute atomic E-state index is 0.858. The number of hydrogen-bond donors (Lipinski definition) is 0. The lowest BCUT2D eigenvalue weighted by Gasteiger charge is -2.04. The Morgan fingerprint density at radius 1 is 0.731 bits per heavy atom. The van der Waals surface area contributed by atoms with Gasteiger partial charge in [-0.1, -0.05) is 67.3 Å². The molecule has 0 spiro atoms. The van der Waals surface area contributed by atoms with Crippen LogP contribution in [0.15, 0.2) is 89.3 Å². The second kappa shape index (κ2) is 7.25. The highest BCUT2D eigenvalue weighted by Gasteiger charge is 2.24. The van der Waals surface area contributed by atoms with E-state index < -0.39 is 0 Å². The molecule has 1 heterocycles. The van der Waals surface area contributed by atoms with Gasteiger partial charge in [-0.2, -0.15) is 0 Å². The molecule has 1 nitrogen and oxygen atoms in total. The molecule has 26 heavy (non-hydrogen) atoms. The van der Waals surface area contributed by atoms with Crippen LogP contribution in [0.3, 0.4) is 0 Å². The molecule has 1 heteroatoms. The van der Waals surface area contributed by atoms with Gasteiger partial charge in [-0.05, 0) is 36.8 Å². The lowest BCUT2D eigenvalue weighted by atomic mass is 9.97. The fraction of sp³-hybridized carbons (Fsp3) is 0.0800. The number of rotatable bonds is 2. The van der Waals surface area contributed by atoms with E-state index >= 15 is 0 Å². The van der Waals surface area contributed by atoms with E-state index in [1.807, 2.05) is 66.7 Å². The van der Waals surface area contributed by atoms with Gasteiger partial charge in [0.05, 0.1) is 22.1 Å². The number of hydrogen-bond acceptors (Lipinski definition) is 0. The normalized spacial score (nSPS) is 10.3. The van der Waals surface area contributed by atoms with Crippen LogP contribution in [-0.2, 0) is 6.42 Å². The zero-order valence-corrected chi connectivity index (χ0v) is 14.7. The molecule has 3 aromatic carbocycles. The first-order valence-corrected chi connectivity index (χ1v) is 8.87. The van der Waals surface area contributed by atoms with Crippen molar-refractivity contribution in [1.82, 2.24) is 0 Å². The third kappa shape index (κ3) is 3.10. The summed E-state index contributed by atoms with van der Waals surface area (Å²) in [5, 5.41) is 1.06. The van der Waals surface area contributed by atoms with Crippen LogP contribution in [0.1, 0.15) is 23.6 Å². The standard InChI is InChI=1S/C25H19O/c1-2-21-22(18-17-19-11-5-3-6-12-19)23-15-9-10-16-24(23)26-25(21)20-13-7-4-8-14-20/h3-16H,2H2,1H3/q+1. The van der Waals surface area contributed by atoms with Gasteiger partial charge in [-0.25, -0.2) is 4.42 Å². The van der Waals surface area contributed by atoms with Gasteiger partial charge in [0.15, 0.2) is 0 Å². The third-order valence-electron chi connectivity index (χ3n) is 4.44. The average molecular weight is 335 g/mol. The van der Waals surface area contributed by atoms with E-state index in [4.69, 9.17) is 4.42 Å². The summed E-state index contributed by atoms with van der Waals surface area (Å²) in [6.45, 7) is 2.15. The van der Waals surface area contributed by atoms with Gasteiger partial charge in [0.1, 0.15) is 0 Å². The predicted octanol–water partition coefficient (Wildman–Crippen LogP) is 6.34. The van der Waals surface area contributed by atoms with E-state index in [9.17, 15) is 0 Å². The second-order valence-corrected chi connectivity index (χ2v) is 6.12. The lowest BCUT2D eigenvalue weighted by molar-refractivity contribution is 0.612. The van der Waals surface area contributed by atoms with Crippen molar-refractivity contribution in [2.75, 3.05) is 0 Å². The molecule has 0 radical (unpaired) electrons. The number of para-hydroxylation sites is 1. The Bertz CT molecular complexity index is 1100. The Balaban J connectivity index is 2.00. The summed E-state index contributed by atoms with van der Waals surface area (Å²) in [6.07, 6.45) is 0.858. The summed E-state index contributed by atoms with van der Waals surface area (Å²) in [4.78, 5) is 0. The van der Waals surface area contributed by atoms with E-state index in [-0.39, 0.29) is 0 Å². The van der Waals surface area contributed by atoms with Crippen LogP contribution in [0.25, 0.3) is 22.3 Å². The van der Waals surface area contributed by atoms with Crippen molar-refractivity contribution >= 4 is 11.0 Å². The van der Waals surface area contributed by atoms with Crippen LogP contribution >= 0.6 is 0 Å². The molecule has 0 aliphatic carbocycles. The molecule has 0 atom stereocenters. The molecule has 0 amide bonds. The van der Waals surface area contributed by atoms with Gasteiger partial charge in [0, 0.05) is 11.6 Å². The van der Waals surface area contributed by atoms with E-state index in [0.29, 0.717) is 0 Å². The SMILES string of the molecule is CCc1c(-c2ccccc2)[o+]c2ccccc2c1C#Cc1ccccc1. The molecule has 4 aromatic rings. The highest BCUT2D eigenvalue weighted by Crippen LogP contribution is 2.33. The summed E-state index contributed by atoms with van der Waals surface area (Å²) in [5.41, 5.74) is 5.16. The van der Waals surface area contributed by atoms with Crippen LogP contribution < -0.4 is 0 Å². The maximum absolute atomic E-state index is 6.29. The molecule has 4 rings (SSSR count). The van der Waals surface area contributed by atoms with Crippen molar-refractivity contribution in [3.63, 3.8) is 0 Å². The molecular weight excluding hydrogens is 316 g/mol. The topological polar surface area (TPSA) is 11.3 Å². The highest BCUT2D eigenvalue weighted by molar-refractivity contribution is 5.88. The van der Waals surface area contributed by atoms with E-state index in [1.165, 1.54) is 0 Å². The van der Waals surface area contributed by atoms with Crippen LogP contribution in [0.2, 0.25) is 0 Å². The molecule has 0 unspecified atom stereocenters. The molecule has 0 saturated heterocycles. The minimum atomic E-state index is 0.858. The molecule has 0 aliphatic rings. The monoisotopic (exact) mass is 335 g/mol. The Morgan fingerprint density at radius 3 is 2.12 bits per heavy atom. The third-order valence-corrected chi connectivity index (χ3v) is 4.44. The Hall–Kier alpha value is -3.37. The Kier molecular flexibility index (Phi) is 4.50. The summed E-state index contributed by atoms with van der Waals surface area (Å²) in [6, 6.07) is 28.5. The van der Waals surface area contributed by atoms with Crippen molar-refractivity contribution in [3.05, 3.63) is 102 Å². The molecule has 0 bridgehead atoms. The zero-order chi connectivity index (χ0) is 17.8. The molecular formula is C25H19O+. The number of benzene rings is 3. The van der Waals surface area contributed by atoms with E-state index in [1.54, 1.807) is 0 Å². The number of fused-ring (bicyclic) bond motifs is 1. The van der Waals surface area contributed by atoms with Gasteiger partial charge < -0.3 is 0 Å². The first-order chi connectivity index (χ1) is 12.9. The molecule has 0 aliphatic heterocycles. The molecule has 124 valence electrons. The molecule has 0 fully saturated rings. The lowest BCUT2D eigenvalue weighted by Crippen LogP contribution is -1.95. The van der Waals surface area contributed by atoms with Crippen molar-refractivity contribution in [1.29, 1.82) is 0 Å². The second-order valence-electron chi connectivity index (χ2n) is 6.12. The first-order valence-electron chi connectivity index (χ1n) is 8.87. The van der Waals surface area contributed by atoms with Crippen molar-refractivity contribution < 1.29 is 4.42 Å². The largest absolute Gasteiger partial charge is 0.365 e. The summed E-state index contributed by atoms with van der Waals surface area (Å²) in [5.74, 6) is 7.65. The maximum Gasteiger partial charge on any atom is 0.365 e. The predicted molar refractivity (Wildman–Crippen MR) is 108 cm³/mol. The first kappa shape index (κ1) is 16.1. The van der Waals surface area contributed by atoms with E-state index in [2.05, 4.69) is 37.0 Å². The zero-order valence-electron chi connectivity index (χ0n) is 14.7. The van der Waals surface area contributed by atoms with Crippen molar-refractivity contribution in [2.45, 2.75) is 13.3 Å². The highest BCUT2D eigenvalue weighted by atomic mass is 16.3. The fourth-order valence-electron chi connectivity index (χ4n) is 3.17. The van der Waals surface area contributed by atoms with Crippen LogP contribution in [0.5, 0.6) is 0 Å². The Morgan fingerprint density at radius 2 is 1.38 bits per heavy atom. The minimum Gasteiger partial charge on any atom is -0.206 e.